The van der Waals surface area contributed by atoms with Crippen molar-refractivity contribution in [2.45, 2.75) is 13.0 Å². The highest BCUT2D eigenvalue weighted by atomic mass is 79.9. The van der Waals surface area contributed by atoms with E-state index in [-0.39, 0.29) is 12.2 Å². The third-order valence-electron chi connectivity index (χ3n) is 3.02. The highest BCUT2D eigenvalue weighted by Crippen LogP contribution is 2.25. The molecule has 0 aliphatic carbocycles. The minimum absolute atomic E-state index is 0.0223. The molecule has 0 aliphatic rings. The van der Waals surface area contributed by atoms with E-state index < -0.39 is 5.82 Å². The maximum atomic E-state index is 14.0. The second-order valence-electron chi connectivity index (χ2n) is 4.47. The van der Waals surface area contributed by atoms with Gasteiger partial charge in [-0.15, -0.1) is 0 Å². The number of halogens is 2. The molecule has 0 saturated heterocycles. The molecule has 3 nitrogen and oxygen atoms in total. The van der Waals surface area contributed by atoms with Crippen LogP contribution < -0.4 is 10.5 Å². The summed E-state index contributed by atoms with van der Waals surface area (Å²) in [5, 5.41) is 8.82. The van der Waals surface area contributed by atoms with E-state index in [1.807, 2.05) is 24.3 Å². The van der Waals surface area contributed by atoms with E-state index in [0.717, 1.165) is 10.0 Å². The highest BCUT2D eigenvalue weighted by Gasteiger charge is 2.10. The molecule has 0 unspecified atom stereocenters. The van der Waals surface area contributed by atoms with Crippen LogP contribution in [0.2, 0.25) is 0 Å². The maximum Gasteiger partial charge on any atom is 0.147 e. The Morgan fingerprint density at radius 3 is 2.76 bits per heavy atom. The minimum atomic E-state index is -0.530. The summed E-state index contributed by atoms with van der Waals surface area (Å²) in [5.74, 6) is 0.142. The monoisotopic (exact) mass is 348 g/mol. The molecule has 0 saturated carbocycles. The standard InChI is InChI=1S/C16H14BrFN2O/c17-14-4-5-15(11(8-14)6-7-19)21-10-13-3-1-2-12(9-20)16(13)18/h1-5,8H,6-7,10,19H2. The Morgan fingerprint density at radius 1 is 1.24 bits per heavy atom. The Kier molecular flexibility index (Phi) is 5.32. The second kappa shape index (κ2) is 7.21. The van der Waals surface area contributed by atoms with Crippen molar-refractivity contribution in [2.24, 2.45) is 5.73 Å². The van der Waals surface area contributed by atoms with Crippen LogP contribution in [-0.2, 0) is 13.0 Å². The van der Waals surface area contributed by atoms with Gasteiger partial charge in [0.1, 0.15) is 24.2 Å². The quantitative estimate of drug-likeness (QED) is 0.898. The van der Waals surface area contributed by atoms with Crippen molar-refractivity contribution in [3.8, 4) is 11.8 Å². The van der Waals surface area contributed by atoms with Crippen LogP contribution in [0.4, 0.5) is 4.39 Å². The second-order valence-corrected chi connectivity index (χ2v) is 5.39. The number of nitrogens with zero attached hydrogens (tertiary/aromatic N) is 1. The first kappa shape index (κ1) is 15.5. The van der Waals surface area contributed by atoms with Gasteiger partial charge in [-0.25, -0.2) is 4.39 Å². The van der Waals surface area contributed by atoms with Crippen LogP contribution in [0, 0.1) is 17.1 Å². The van der Waals surface area contributed by atoms with E-state index in [0.29, 0.717) is 24.3 Å². The van der Waals surface area contributed by atoms with Gasteiger partial charge in [-0.3, -0.25) is 0 Å². The van der Waals surface area contributed by atoms with Gasteiger partial charge in [0.15, 0.2) is 0 Å². The Bertz CT molecular complexity index is 682. The van der Waals surface area contributed by atoms with E-state index in [4.69, 9.17) is 15.7 Å². The molecular formula is C16H14BrFN2O. The first-order valence-electron chi connectivity index (χ1n) is 6.44. The molecule has 2 aromatic carbocycles. The summed E-state index contributed by atoms with van der Waals surface area (Å²) in [6.07, 6.45) is 0.676. The molecule has 5 heteroatoms. The van der Waals surface area contributed by atoms with E-state index in [1.165, 1.54) is 6.07 Å². The first-order chi connectivity index (χ1) is 10.2. The zero-order chi connectivity index (χ0) is 15.2. The molecule has 21 heavy (non-hydrogen) atoms. The largest absolute Gasteiger partial charge is 0.489 e. The van der Waals surface area contributed by atoms with Gasteiger partial charge in [0.2, 0.25) is 0 Å². The number of benzene rings is 2. The lowest BCUT2D eigenvalue weighted by molar-refractivity contribution is 0.296. The average Bonchev–Trinajstić information content (AvgIpc) is 2.48. The normalized spacial score (nSPS) is 10.2. The van der Waals surface area contributed by atoms with Crippen molar-refractivity contribution in [1.82, 2.24) is 0 Å². The fourth-order valence-electron chi connectivity index (χ4n) is 1.97. The van der Waals surface area contributed by atoms with Gasteiger partial charge in [0, 0.05) is 10.0 Å². The Morgan fingerprint density at radius 2 is 2.05 bits per heavy atom. The molecule has 0 aromatic heterocycles. The van der Waals surface area contributed by atoms with E-state index in [9.17, 15) is 4.39 Å². The topological polar surface area (TPSA) is 59.0 Å². The maximum absolute atomic E-state index is 14.0. The van der Waals surface area contributed by atoms with Crippen molar-refractivity contribution in [3.63, 3.8) is 0 Å². The predicted octanol–water partition coefficient (Wildman–Crippen LogP) is 3.54. The lowest BCUT2D eigenvalue weighted by Gasteiger charge is -2.12. The van der Waals surface area contributed by atoms with E-state index in [1.54, 1.807) is 12.1 Å². The van der Waals surface area contributed by atoms with Crippen LogP contribution in [0.25, 0.3) is 0 Å². The Balaban J connectivity index is 2.19. The van der Waals surface area contributed by atoms with Gasteiger partial charge in [-0.05, 0) is 42.8 Å². The fraction of sp³-hybridized carbons (Fsp3) is 0.188. The van der Waals surface area contributed by atoms with Crippen LogP contribution in [0.3, 0.4) is 0 Å². The van der Waals surface area contributed by atoms with E-state index >= 15 is 0 Å². The Hall–Kier alpha value is -1.90. The van der Waals surface area contributed by atoms with Crippen LogP contribution in [0.1, 0.15) is 16.7 Å². The summed E-state index contributed by atoms with van der Waals surface area (Å²) in [6.45, 7) is 0.575. The summed E-state index contributed by atoms with van der Waals surface area (Å²) in [5.41, 5.74) is 6.92. The molecule has 0 heterocycles. The zero-order valence-electron chi connectivity index (χ0n) is 11.3. The lowest BCUT2D eigenvalue weighted by atomic mass is 10.1. The predicted molar refractivity (Wildman–Crippen MR) is 82.3 cm³/mol. The molecule has 0 atom stereocenters. The zero-order valence-corrected chi connectivity index (χ0v) is 12.9. The third-order valence-corrected chi connectivity index (χ3v) is 3.51. The molecular weight excluding hydrogens is 335 g/mol. The van der Waals surface area contributed by atoms with E-state index in [2.05, 4.69) is 15.9 Å². The van der Waals surface area contributed by atoms with Crippen LogP contribution >= 0.6 is 15.9 Å². The number of hydrogen-bond acceptors (Lipinski definition) is 3. The van der Waals surface area contributed by atoms with Gasteiger partial charge in [-0.2, -0.15) is 5.26 Å². The van der Waals surface area contributed by atoms with Gasteiger partial charge in [0.05, 0.1) is 5.56 Å². The lowest BCUT2D eigenvalue weighted by Crippen LogP contribution is -2.06. The molecule has 2 aromatic rings. The van der Waals surface area contributed by atoms with Crippen LogP contribution in [0.15, 0.2) is 40.9 Å². The third kappa shape index (κ3) is 3.81. The average molecular weight is 349 g/mol. The van der Waals surface area contributed by atoms with Crippen LogP contribution in [-0.4, -0.2) is 6.54 Å². The Labute approximate surface area is 131 Å². The number of nitrogens with two attached hydrogens (primary N) is 1. The van der Waals surface area contributed by atoms with Crippen molar-refractivity contribution in [3.05, 3.63) is 63.4 Å². The molecule has 0 radical (unpaired) electrons. The summed E-state index contributed by atoms with van der Waals surface area (Å²) in [6, 6.07) is 12.1. The highest BCUT2D eigenvalue weighted by molar-refractivity contribution is 9.10. The summed E-state index contributed by atoms with van der Waals surface area (Å²) in [7, 11) is 0. The van der Waals surface area contributed by atoms with Gasteiger partial charge in [-0.1, -0.05) is 28.1 Å². The summed E-state index contributed by atoms with van der Waals surface area (Å²) >= 11 is 3.40. The fourth-order valence-corrected chi connectivity index (χ4v) is 2.38. The van der Waals surface area contributed by atoms with Crippen molar-refractivity contribution >= 4 is 15.9 Å². The molecule has 0 amide bonds. The molecule has 2 rings (SSSR count). The van der Waals surface area contributed by atoms with Gasteiger partial charge >= 0.3 is 0 Å². The van der Waals surface area contributed by atoms with Crippen molar-refractivity contribution < 1.29 is 9.13 Å². The van der Waals surface area contributed by atoms with Crippen LogP contribution in [0.5, 0.6) is 5.75 Å². The SMILES string of the molecule is N#Cc1cccc(COc2ccc(Br)cc2CCN)c1F. The van der Waals surface area contributed by atoms with Gasteiger partial charge in [0.25, 0.3) is 0 Å². The summed E-state index contributed by atoms with van der Waals surface area (Å²) < 4.78 is 20.6. The number of hydrogen-bond donors (Lipinski definition) is 1. The molecule has 2 N–H and O–H groups in total. The number of rotatable bonds is 5. The number of ether oxygens (including phenoxy) is 1. The molecule has 108 valence electrons. The van der Waals surface area contributed by atoms with Gasteiger partial charge < -0.3 is 10.5 Å². The molecule has 0 spiro atoms. The molecule has 0 bridgehead atoms. The van der Waals surface area contributed by atoms with Crippen molar-refractivity contribution in [2.75, 3.05) is 6.54 Å². The minimum Gasteiger partial charge on any atom is -0.489 e. The molecule has 0 fully saturated rings. The number of nitriles is 1. The van der Waals surface area contributed by atoms with Crippen molar-refractivity contribution in [1.29, 1.82) is 5.26 Å². The smallest absolute Gasteiger partial charge is 0.147 e. The molecule has 0 aliphatic heterocycles. The first-order valence-corrected chi connectivity index (χ1v) is 7.23. The summed E-state index contributed by atoms with van der Waals surface area (Å²) in [4.78, 5) is 0.